The summed E-state index contributed by atoms with van der Waals surface area (Å²) in [5.74, 6) is 0.752. The van der Waals surface area contributed by atoms with Gasteiger partial charge in [0.25, 0.3) is 0 Å². The number of aromatic nitrogens is 4. The Balaban J connectivity index is 2.27. The smallest absolute Gasteiger partial charge is 0.182 e. The van der Waals surface area contributed by atoms with Crippen LogP contribution in [0, 0.1) is 11.7 Å². The number of nitrogens with two attached hydrogens (primary N) is 1. The Labute approximate surface area is 105 Å². The molecule has 1 aromatic carbocycles. The summed E-state index contributed by atoms with van der Waals surface area (Å²) in [6.45, 7) is 5.01. The average Bonchev–Trinajstić information content (AvgIpc) is 2.78. The van der Waals surface area contributed by atoms with Gasteiger partial charge in [0, 0.05) is 12.1 Å². The first kappa shape index (κ1) is 12.5. The molecule has 96 valence electrons. The molecule has 0 spiro atoms. The maximum Gasteiger partial charge on any atom is 0.182 e. The molecule has 2 N–H and O–H groups in total. The van der Waals surface area contributed by atoms with Crippen LogP contribution in [0.1, 0.15) is 20.3 Å². The summed E-state index contributed by atoms with van der Waals surface area (Å²) in [5, 5.41) is 11.6. The Hall–Kier alpha value is -1.98. The zero-order valence-electron chi connectivity index (χ0n) is 10.5. The van der Waals surface area contributed by atoms with E-state index < -0.39 is 5.82 Å². The van der Waals surface area contributed by atoms with E-state index in [1.165, 1.54) is 6.07 Å². The third-order valence-electron chi connectivity index (χ3n) is 2.70. The second kappa shape index (κ2) is 5.12. The van der Waals surface area contributed by atoms with E-state index >= 15 is 0 Å². The summed E-state index contributed by atoms with van der Waals surface area (Å²) < 4.78 is 14.8. The van der Waals surface area contributed by atoms with Crippen molar-refractivity contribution >= 4 is 5.69 Å². The molecule has 0 aliphatic carbocycles. The fourth-order valence-electron chi connectivity index (χ4n) is 1.63. The van der Waals surface area contributed by atoms with E-state index in [-0.39, 0.29) is 5.69 Å². The van der Waals surface area contributed by atoms with Crippen molar-refractivity contribution in [3.63, 3.8) is 0 Å². The van der Waals surface area contributed by atoms with Crippen molar-refractivity contribution in [1.29, 1.82) is 0 Å². The molecule has 0 amide bonds. The maximum absolute atomic E-state index is 13.1. The highest BCUT2D eigenvalue weighted by atomic mass is 19.1. The highest BCUT2D eigenvalue weighted by Gasteiger charge is 2.10. The van der Waals surface area contributed by atoms with Crippen molar-refractivity contribution in [2.24, 2.45) is 5.92 Å². The molecule has 1 aromatic heterocycles. The number of hydrogen-bond acceptors (Lipinski definition) is 4. The van der Waals surface area contributed by atoms with Crippen LogP contribution in [0.4, 0.5) is 10.1 Å². The molecule has 0 saturated carbocycles. The molecule has 6 heteroatoms. The second-order valence-corrected chi connectivity index (χ2v) is 4.64. The fourth-order valence-corrected chi connectivity index (χ4v) is 1.63. The van der Waals surface area contributed by atoms with E-state index in [4.69, 9.17) is 5.73 Å². The number of aryl methyl sites for hydroxylation is 1. The molecule has 2 rings (SSSR count). The quantitative estimate of drug-likeness (QED) is 0.842. The van der Waals surface area contributed by atoms with Crippen molar-refractivity contribution in [2.45, 2.75) is 26.8 Å². The number of rotatable bonds is 4. The van der Waals surface area contributed by atoms with Crippen LogP contribution in [-0.4, -0.2) is 20.2 Å². The van der Waals surface area contributed by atoms with Crippen LogP contribution in [0.5, 0.6) is 0 Å². The van der Waals surface area contributed by atoms with Gasteiger partial charge in [0.1, 0.15) is 5.82 Å². The normalized spacial score (nSPS) is 11.1. The van der Waals surface area contributed by atoms with Gasteiger partial charge in [-0.25, -0.2) is 9.07 Å². The minimum Gasteiger partial charge on any atom is -0.396 e. The number of nitrogens with zero attached hydrogens (tertiary/aromatic N) is 4. The van der Waals surface area contributed by atoms with Gasteiger partial charge in [-0.1, -0.05) is 13.8 Å². The highest BCUT2D eigenvalue weighted by Crippen LogP contribution is 2.21. The Morgan fingerprint density at radius 1 is 1.39 bits per heavy atom. The van der Waals surface area contributed by atoms with Crippen LogP contribution in [0.3, 0.4) is 0 Å². The molecule has 18 heavy (non-hydrogen) atoms. The SMILES string of the molecule is CC(C)CCn1nnnc1-c1ccc(F)c(N)c1. The summed E-state index contributed by atoms with van der Waals surface area (Å²) in [5.41, 5.74) is 6.37. The van der Waals surface area contributed by atoms with Crippen molar-refractivity contribution in [3.05, 3.63) is 24.0 Å². The van der Waals surface area contributed by atoms with Gasteiger partial charge in [-0.05, 0) is 41.0 Å². The predicted octanol–water partition coefficient (Wildman–Crippen LogP) is 2.11. The standard InChI is InChI=1S/C12H16FN5/c1-8(2)5-6-18-12(15-16-17-18)9-3-4-10(13)11(14)7-9/h3-4,7-8H,5-6,14H2,1-2H3. The number of benzene rings is 1. The third-order valence-corrected chi connectivity index (χ3v) is 2.70. The Kier molecular flexibility index (Phi) is 3.55. The molecule has 0 atom stereocenters. The number of tetrazole rings is 1. The predicted molar refractivity (Wildman–Crippen MR) is 67.1 cm³/mol. The van der Waals surface area contributed by atoms with Crippen molar-refractivity contribution in [2.75, 3.05) is 5.73 Å². The minimum atomic E-state index is -0.431. The third kappa shape index (κ3) is 2.64. The van der Waals surface area contributed by atoms with Crippen LogP contribution >= 0.6 is 0 Å². The number of hydrogen-bond donors (Lipinski definition) is 1. The zero-order valence-corrected chi connectivity index (χ0v) is 10.5. The molecule has 0 aliphatic heterocycles. The summed E-state index contributed by atoms with van der Waals surface area (Å²) in [4.78, 5) is 0. The maximum atomic E-state index is 13.1. The van der Waals surface area contributed by atoms with Crippen LogP contribution < -0.4 is 5.73 Å². The first-order valence-corrected chi connectivity index (χ1v) is 5.89. The van der Waals surface area contributed by atoms with Crippen molar-refractivity contribution in [1.82, 2.24) is 20.2 Å². The molecular formula is C12H16FN5. The first-order valence-electron chi connectivity index (χ1n) is 5.89. The highest BCUT2D eigenvalue weighted by molar-refractivity contribution is 5.61. The molecule has 0 bridgehead atoms. The van der Waals surface area contributed by atoms with Crippen LogP contribution in [-0.2, 0) is 6.54 Å². The molecule has 0 unspecified atom stereocenters. The molecule has 0 aliphatic rings. The van der Waals surface area contributed by atoms with Gasteiger partial charge in [0.15, 0.2) is 5.82 Å². The Morgan fingerprint density at radius 3 is 2.83 bits per heavy atom. The first-order chi connectivity index (χ1) is 8.58. The zero-order chi connectivity index (χ0) is 13.1. The molecule has 0 saturated heterocycles. The van der Waals surface area contributed by atoms with E-state index in [1.807, 2.05) is 0 Å². The molecule has 1 heterocycles. The van der Waals surface area contributed by atoms with Gasteiger partial charge in [-0.15, -0.1) is 5.10 Å². The fraction of sp³-hybridized carbons (Fsp3) is 0.417. The summed E-state index contributed by atoms with van der Waals surface area (Å²) in [7, 11) is 0. The van der Waals surface area contributed by atoms with Gasteiger partial charge in [0.2, 0.25) is 0 Å². The van der Waals surface area contributed by atoms with Crippen LogP contribution in [0.15, 0.2) is 18.2 Å². The van der Waals surface area contributed by atoms with Gasteiger partial charge >= 0.3 is 0 Å². The van der Waals surface area contributed by atoms with E-state index in [0.717, 1.165) is 18.5 Å². The second-order valence-electron chi connectivity index (χ2n) is 4.64. The van der Waals surface area contributed by atoms with E-state index in [1.54, 1.807) is 16.8 Å². The summed E-state index contributed by atoms with van der Waals surface area (Å²) >= 11 is 0. The molecule has 0 radical (unpaired) electrons. The van der Waals surface area contributed by atoms with Gasteiger partial charge in [-0.2, -0.15) is 0 Å². The van der Waals surface area contributed by atoms with Gasteiger partial charge in [0.05, 0.1) is 5.69 Å². The average molecular weight is 249 g/mol. The molecule has 0 fully saturated rings. The summed E-state index contributed by atoms with van der Waals surface area (Å²) in [6, 6.07) is 4.50. The number of halogens is 1. The topological polar surface area (TPSA) is 69.6 Å². The Morgan fingerprint density at radius 2 is 2.17 bits per heavy atom. The molecular weight excluding hydrogens is 233 g/mol. The lowest BCUT2D eigenvalue weighted by atomic mass is 10.1. The van der Waals surface area contributed by atoms with E-state index in [2.05, 4.69) is 29.4 Å². The summed E-state index contributed by atoms with van der Waals surface area (Å²) in [6.07, 6.45) is 0.981. The number of anilines is 1. The van der Waals surface area contributed by atoms with Crippen LogP contribution in [0.2, 0.25) is 0 Å². The molecule has 2 aromatic rings. The van der Waals surface area contributed by atoms with Crippen molar-refractivity contribution in [3.8, 4) is 11.4 Å². The largest absolute Gasteiger partial charge is 0.396 e. The van der Waals surface area contributed by atoms with Crippen LogP contribution in [0.25, 0.3) is 11.4 Å². The van der Waals surface area contributed by atoms with E-state index in [9.17, 15) is 4.39 Å². The van der Waals surface area contributed by atoms with Gasteiger partial charge in [-0.3, -0.25) is 0 Å². The van der Waals surface area contributed by atoms with Crippen molar-refractivity contribution < 1.29 is 4.39 Å². The lowest BCUT2D eigenvalue weighted by Gasteiger charge is -2.07. The van der Waals surface area contributed by atoms with Gasteiger partial charge < -0.3 is 5.73 Å². The number of nitrogen functional groups attached to an aromatic ring is 1. The van der Waals surface area contributed by atoms with E-state index in [0.29, 0.717) is 11.7 Å². The monoisotopic (exact) mass is 249 g/mol. The minimum absolute atomic E-state index is 0.103. The lowest BCUT2D eigenvalue weighted by Crippen LogP contribution is -2.06. The molecule has 5 nitrogen and oxygen atoms in total. The Bertz CT molecular complexity index is 535. The lowest BCUT2D eigenvalue weighted by molar-refractivity contribution is 0.481.